The van der Waals surface area contributed by atoms with E-state index in [1.54, 1.807) is 23.3 Å². The number of hydrogen-bond donors (Lipinski definition) is 2. The molecule has 0 aliphatic carbocycles. The molecule has 2 rings (SSSR count). The topological polar surface area (TPSA) is 95.7 Å². The molecule has 8 heteroatoms. The van der Waals surface area contributed by atoms with Gasteiger partial charge in [0.1, 0.15) is 5.00 Å². The van der Waals surface area contributed by atoms with Crippen LogP contribution in [0.5, 0.6) is 0 Å². The molecular weight excluding hydrogens is 304 g/mol. The number of nitrogens with one attached hydrogen (secondary N) is 1. The lowest BCUT2D eigenvalue weighted by atomic mass is 10.2. The Hall–Kier alpha value is -1.93. The molecule has 1 fully saturated rings. The third kappa shape index (κ3) is 3.63. The molecule has 1 atom stereocenters. The van der Waals surface area contributed by atoms with E-state index in [0.717, 1.165) is 0 Å². The minimum atomic E-state index is -0.556. The van der Waals surface area contributed by atoms with Crippen LogP contribution in [-0.4, -0.2) is 59.7 Å². The van der Waals surface area contributed by atoms with Gasteiger partial charge in [-0.1, -0.05) is 0 Å². The van der Waals surface area contributed by atoms with E-state index in [1.165, 1.54) is 11.3 Å². The van der Waals surface area contributed by atoms with Crippen LogP contribution in [0.3, 0.4) is 0 Å². The molecule has 0 saturated carbocycles. The highest BCUT2D eigenvalue weighted by Crippen LogP contribution is 2.23. The molecule has 3 N–H and O–H groups in total. The lowest BCUT2D eigenvalue weighted by Crippen LogP contribution is -2.53. The summed E-state index contributed by atoms with van der Waals surface area (Å²) < 4.78 is 0. The van der Waals surface area contributed by atoms with Gasteiger partial charge in [-0.3, -0.25) is 19.3 Å². The molecule has 0 aromatic carbocycles. The number of anilines is 1. The number of carbonyl (C=O) groups excluding carboxylic acids is 3. The van der Waals surface area contributed by atoms with E-state index in [1.807, 2.05) is 11.8 Å². The number of piperazine rings is 1. The van der Waals surface area contributed by atoms with Crippen LogP contribution >= 0.6 is 11.3 Å². The Morgan fingerprint density at radius 2 is 1.91 bits per heavy atom. The fourth-order valence-electron chi connectivity index (χ4n) is 2.41. The highest BCUT2D eigenvalue weighted by molar-refractivity contribution is 7.14. The minimum absolute atomic E-state index is 0.0569. The molecule has 3 amide bonds. The molecule has 0 spiro atoms. The average molecular weight is 324 g/mol. The van der Waals surface area contributed by atoms with Gasteiger partial charge in [0.05, 0.1) is 11.6 Å². The molecular formula is C14H20N4O3S. The summed E-state index contributed by atoms with van der Waals surface area (Å²) in [4.78, 5) is 38.7. The van der Waals surface area contributed by atoms with Crippen LogP contribution < -0.4 is 11.1 Å². The summed E-state index contributed by atoms with van der Waals surface area (Å²) in [5.74, 6) is -0.679. The van der Waals surface area contributed by atoms with Crippen LogP contribution in [0.1, 0.15) is 24.2 Å². The molecule has 120 valence electrons. The number of hydrogen-bond acceptors (Lipinski definition) is 5. The Bertz CT molecular complexity index is 578. The molecule has 1 aliphatic heterocycles. The lowest BCUT2D eigenvalue weighted by Gasteiger charge is -2.36. The van der Waals surface area contributed by atoms with E-state index < -0.39 is 5.91 Å². The molecule has 0 radical (unpaired) electrons. The van der Waals surface area contributed by atoms with E-state index in [9.17, 15) is 14.4 Å². The highest BCUT2D eigenvalue weighted by atomic mass is 32.1. The van der Waals surface area contributed by atoms with Gasteiger partial charge in [-0.25, -0.2) is 0 Å². The van der Waals surface area contributed by atoms with Crippen LogP contribution in [0.25, 0.3) is 0 Å². The van der Waals surface area contributed by atoms with E-state index in [-0.39, 0.29) is 17.9 Å². The maximum atomic E-state index is 12.3. The second-order valence-corrected chi connectivity index (χ2v) is 6.15. The summed E-state index contributed by atoms with van der Waals surface area (Å²) >= 11 is 1.27. The Labute approximate surface area is 133 Å². The maximum Gasteiger partial charge on any atom is 0.251 e. The van der Waals surface area contributed by atoms with Crippen molar-refractivity contribution in [3.8, 4) is 0 Å². The average Bonchev–Trinajstić information content (AvgIpc) is 2.94. The summed E-state index contributed by atoms with van der Waals surface area (Å²) in [7, 11) is 0. The zero-order valence-electron chi connectivity index (χ0n) is 12.7. The van der Waals surface area contributed by atoms with Crippen LogP contribution in [0, 0.1) is 0 Å². The number of rotatable bonds is 4. The third-order valence-corrected chi connectivity index (χ3v) is 4.68. The molecule has 0 bridgehead atoms. The second-order valence-electron chi connectivity index (χ2n) is 5.23. The summed E-state index contributed by atoms with van der Waals surface area (Å²) in [6.45, 7) is 5.92. The lowest BCUT2D eigenvalue weighted by molar-refractivity contribution is -0.131. The molecule has 2 heterocycles. The van der Waals surface area contributed by atoms with Gasteiger partial charge in [0.15, 0.2) is 0 Å². The third-order valence-electron chi connectivity index (χ3n) is 3.85. The van der Waals surface area contributed by atoms with Crippen LogP contribution in [0.15, 0.2) is 11.4 Å². The predicted octanol–water partition coefficient (Wildman–Crippen LogP) is 0.338. The van der Waals surface area contributed by atoms with Crippen molar-refractivity contribution in [1.82, 2.24) is 9.80 Å². The number of amides is 3. The largest absolute Gasteiger partial charge is 0.366 e. The van der Waals surface area contributed by atoms with E-state index >= 15 is 0 Å². The van der Waals surface area contributed by atoms with Crippen molar-refractivity contribution < 1.29 is 14.4 Å². The molecule has 1 saturated heterocycles. The Balaban J connectivity index is 1.94. The van der Waals surface area contributed by atoms with Gasteiger partial charge in [-0.15, -0.1) is 11.3 Å². The van der Waals surface area contributed by atoms with Gasteiger partial charge >= 0.3 is 0 Å². The van der Waals surface area contributed by atoms with Gasteiger partial charge in [-0.05, 0) is 18.4 Å². The van der Waals surface area contributed by atoms with Crippen molar-refractivity contribution in [2.45, 2.75) is 19.9 Å². The second kappa shape index (κ2) is 6.89. The van der Waals surface area contributed by atoms with Gasteiger partial charge in [0.2, 0.25) is 11.8 Å². The van der Waals surface area contributed by atoms with Crippen molar-refractivity contribution in [1.29, 1.82) is 0 Å². The summed E-state index contributed by atoms with van der Waals surface area (Å²) in [5, 5.41) is 4.95. The van der Waals surface area contributed by atoms with E-state index in [0.29, 0.717) is 36.7 Å². The first kappa shape index (κ1) is 16.4. The molecule has 7 nitrogen and oxygen atoms in total. The fraction of sp³-hybridized carbons (Fsp3) is 0.500. The highest BCUT2D eigenvalue weighted by Gasteiger charge is 2.27. The first-order valence-corrected chi connectivity index (χ1v) is 7.96. The zero-order valence-corrected chi connectivity index (χ0v) is 13.5. The number of thiophene rings is 1. The Kier molecular flexibility index (Phi) is 5.15. The van der Waals surface area contributed by atoms with Crippen LogP contribution in [-0.2, 0) is 9.59 Å². The molecule has 1 aromatic rings. The number of nitrogens with two attached hydrogens (primary N) is 1. The first-order valence-electron chi connectivity index (χ1n) is 7.08. The van der Waals surface area contributed by atoms with Crippen molar-refractivity contribution in [2.75, 3.05) is 31.5 Å². The SMILES string of the molecule is CC(=O)N1CCN([C@H](C)C(=O)Nc2sccc2C(N)=O)CC1. The van der Waals surface area contributed by atoms with E-state index in [2.05, 4.69) is 5.32 Å². The van der Waals surface area contributed by atoms with Crippen molar-refractivity contribution in [2.24, 2.45) is 5.73 Å². The molecule has 22 heavy (non-hydrogen) atoms. The number of carbonyl (C=O) groups is 3. The minimum Gasteiger partial charge on any atom is -0.366 e. The number of primary amides is 1. The van der Waals surface area contributed by atoms with Gasteiger partial charge in [-0.2, -0.15) is 0 Å². The van der Waals surface area contributed by atoms with Crippen LogP contribution in [0.2, 0.25) is 0 Å². The normalized spacial score (nSPS) is 17.1. The Morgan fingerprint density at radius 1 is 1.27 bits per heavy atom. The molecule has 1 aliphatic rings. The fourth-order valence-corrected chi connectivity index (χ4v) is 3.20. The first-order chi connectivity index (χ1) is 10.4. The quantitative estimate of drug-likeness (QED) is 0.835. The zero-order chi connectivity index (χ0) is 16.3. The smallest absolute Gasteiger partial charge is 0.251 e. The standard InChI is InChI=1S/C14H20N4O3S/c1-9(17-4-6-18(7-5-17)10(2)19)13(21)16-14-11(12(15)20)3-8-22-14/h3,8-9H,4-7H2,1-2H3,(H2,15,20)(H,16,21)/t9-/m1/s1. The van der Waals surface area contributed by atoms with E-state index in [4.69, 9.17) is 5.73 Å². The number of nitrogens with zero attached hydrogens (tertiary/aromatic N) is 2. The van der Waals surface area contributed by atoms with Gasteiger partial charge < -0.3 is 16.0 Å². The maximum absolute atomic E-state index is 12.3. The van der Waals surface area contributed by atoms with Crippen molar-refractivity contribution >= 4 is 34.1 Å². The van der Waals surface area contributed by atoms with Crippen molar-refractivity contribution in [3.63, 3.8) is 0 Å². The van der Waals surface area contributed by atoms with Crippen molar-refractivity contribution in [3.05, 3.63) is 17.0 Å². The summed E-state index contributed by atoms with van der Waals surface area (Å²) in [5.41, 5.74) is 5.59. The summed E-state index contributed by atoms with van der Waals surface area (Å²) in [6, 6.07) is 1.26. The monoisotopic (exact) mass is 324 g/mol. The predicted molar refractivity (Wildman–Crippen MR) is 84.8 cm³/mol. The molecule has 1 aromatic heterocycles. The van der Waals surface area contributed by atoms with Gasteiger partial charge in [0, 0.05) is 33.1 Å². The van der Waals surface area contributed by atoms with Crippen LogP contribution in [0.4, 0.5) is 5.00 Å². The van der Waals surface area contributed by atoms with Gasteiger partial charge in [0.25, 0.3) is 5.91 Å². The summed E-state index contributed by atoms with van der Waals surface area (Å²) in [6.07, 6.45) is 0. The Morgan fingerprint density at radius 3 is 2.45 bits per heavy atom. The molecule has 0 unspecified atom stereocenters.